The third-order valence-electron chi connectivity index (χ3n) is 3.69. The van der Waals surface area contributed by atoms with E-state index in [2.05, 4.69) is 5.32 Å². The van der Waals surface area contributed by atoms with Crippen molar-refractivity contribution in [3.8, 4) is 0 Å². The lowest BCUT2D eigenvalue weighted by Gasteiger charge is -2.26. The molecule has 0 saturated heterocycles. The summed E-state index contributed by atoms with van der Waals surface area (Å²) >= 11 is 12.1. The Hall–Kier alpha value is -1.26. The molecule has 128 valence electrons. The van der Waals surface area contributed by atoms with Crippen LogP contribution < -0.4 is 5.32 Å². The maximum atomic E-state index is 12.3. The first-order valence-corrected chi connectivity index (χ1v) is 8.28. The highest BCUT2D eigenvalue weighted by Crippen LogP contribution is 2.29. The molecular weight excluding hydrogens is 335 g/mol. The predicted octanol–water partition coefficient (Wildman–Crippen LogP) is 4.07. The zero-order valence-corrected chi connectivity index (χ0v) is 15.8. The second-order valence-electron chi connectivity index (χ2n) is 6.60. The van der Waals surface area contributed by atoms with Crippen molar-refractivity contribution in [2.75, 3.05) is 13.6 Å². The van der Waals surface area contributed by atoms with Crippen LogP contribution in [0.4, 0.5) is 0 Å². The van der Waals surface area contributed by atoms with Gasteiger partial charge in [-0.2, -0.15) is 0 Å². The van der Waals surface area contributed by atoms with Gasteiger partial charge in [0.25, 0.3) is 0 Å². The molecule has 0 aliphatic heterocycles. The molecule has 0 aliphatic carbocycles. The van der Waals surface area contributed by atoms with Crippen molar-refractivity contribution < 1.29 is 9.59 Å². The lowest BCUT2D eigenvalue weighted by Crippen LogP contribution is -2.38. The topological polar surface area (TPSA) is 49.4 Å². The maximum Gasteiger partial charge on any atom is 0.225 e. The van der Waals surface area contributed by atoms with E-state index < -0.39 is 5.41 Å². The van der Waals surface area contributed by atoms with E-state index in [9.17, 15) is 9.59 Å². The molecule has 0 radical (unpaired) electrons. The molecule has 6 heteroatoms. The largest absolute Gasteiger partial charge is 0.355 e. The highest BCUT2D eigenvalue weighted by atomic mass is 35.5. The number of nitrogens with one attached hydrogen (secondary N) is 1. The number of hydrogen-bond acceptors (Lipinski definition) is 2. The Morgan fingerprint density at radius 3 is 2.39 bits per heavy atom. The molecule has 1 aromatic rings. The van der Waals surface area contributed by atoms with Crippen molar-refractivity contribution in [1.29, 1.82) is 0 Å². The van der Waals surface area contributed by atoms with Gasteiger partial charge in [-0.3, -0.25) is 9.59 Å². The highest BCUT2D eigenvalue weighted by Gasteiger charge is 2.22. The van der Waals surface area contributed by atoms with Crippen molar-refractivity contribution in [3.05, 3.63) is 33.8 Å². The average molecular weight is 359 g/mol. The molecule has 2 amide bonds. The van der Waals surface area contributed by atoms with Gasteiger partial charge in [-0.15, -0.1) is 0 Å². The summed E-state index contributed by atoms with van der Waals surface area (Å²) in [6.07, 6.45) is 0.244. The SMILES string of the molecule is CC(c1ccc(Cl)cc1Cl)N(C)C(=O)CCNC(=O)C(C)(C)C. The molecule has 23 heavy (non-hydrogen) atoms. The van der Waals surface area contributed by atoms with Crippen molar-refractivity contribution in [2.24, 2.45) is 5.41 Å². The van der Waals surface area contributed by atoms with Crippen LogP contribution in [-0.2, 0) is 9.59 Å². The van der Waals surface area contributed by atoms with Gasteiger partial charge in [0.1, 0.15) is 0 Å². The summed E-state index contributed by atoms with van der Waals surface area (Å²) in [6.45, 7) is 7.73. The van der Waals surface area contributed by atoms with Crippen molar-refractivity contribution in [3.63, 3.8) is 0 Å². The minimum Gasteiger partial charge on any atom is -0.355 e. The second-order valence-corrected chi connectivity index (χ2v) is 7.45. The van der Waals surface area contributed by atoms with Gasteiger partial charge in [0.15, 0.2) is 0 Å². The van der Waals surface area contributed by atoms with E-state index in [4.69, 9.17) is 23.2 Å². The van der Waals surface area contributed by atoms with E-state index in [0.717, 1.165) is 5.56 Å². The monoisotopic (exact) mass is 358 g/mol. The van der Waals surface area contributed by atoms with Gasteiger partial charge in [-0.25, -0.2) is 0 Å². The number of carbonyl (C=O) groups is 2. The molecule has 0 spiro atoms. The van der Waals surface area contributed by atoms with E-state index in [1.165, 1.54) is 0 Å². The molecule has 1 aromatic carbocycles. The Bertz CT molecular complexity index is 582. The van der Waals surface area contributed by atoms with Crippen LogP contribution in [0.25, 0.3) is 0 Å². The molecule has 0 bridgehead atoms. The summed E-state index contributed by atoms with van der Waals surface area (Å²) in [6, 6.07) is 5.06. The fourth-order valence-electron chi connectivity index (χ4n) is 1.99. The van der Waals surface area contributed by atoms with E-state index >= 15 is 0 Å². The summed E-state index contributed by atoms with van der Waals surface area (Å²) in [5, 5.41) is 3.87. The number of halogens is 2. The number of hydrogen-bond donors (Lipinski definition) is 1. The van der Waals surface area contributed by atoms with Crippen LogP contribution in [0.2, 0.25) is 10.0 Å². The molecule has 0 aliphatic rings. The Kier molecular flexibility index (Phi) is 6.90. The Morgan fingerprint density at radius 2 is 1.87 bits per heavy atom. The number of nitrogens with zero attached hydrogens (tertiary/aromatic N) is 1. The van der Waals surface area contributed by atoms with Gasteiger partial charge in [0, 0.05) is 35.5 Å². The first kappa shape index (κ1) is 19.8. The van der Waals surface area contributed by atoms with Gasteiger partial charge in [0.05, 0.1) is 6.04 Å². The lowest BCUT2D eigenvalue weighted by atomic mass is 9.96. The molecule has 1 rings (SSSR count). The van der Waals surface area contributed by atoms with Gasteiger partial charge in [-0.1, -0.05) is 50.0 Å². The molecular formula is C17H24Cl2N2O2. The quantitative estimate of drug-likeness (QED) is 0.862. The summed E-state index contributed by atoms with van der Waals surface area (Å²) in [7, 11) is 1.73. The van der Waals surface area contributed by atoms with Crippen LogP contribution in [-0.4, -0.2) is 30.3 Å². The molecule has 1 unspecified atom stereocenters. The van der Waals surface area contributed by atoms with Gasteiger partial charge in [0.2, 0.25) is 11.8 Å². The zero-order chi connectivity index (χ0) is 17.8. The minimum absolute atomic E-state index is 0.0577. The average Bonchev–Trinajstić information content (AvgIpc) is 2.44. The second kappa shape index (κ2) is 8.02. The molecule has 0 aromatic heterocycles. The van der Waals surface area contributed by atoms with Gasteiger partial charge >= 0.3 is 0 Å². The normalized spacial score (nSPS) is 12.7. The first-order chi connectivity index (χ1) is 10.5. The van der Waals surface area contributed by atoms with Crippen LogP contribution >= 0.6 is 23.2 Å². The minimum atomic E-state index is -0.459. The number of carbonyl (C=O) groups excluding carboxylic acids is 2. The Balaban J connectivity index is 2.61. The zero-order valence-electron chi connectivity index (χ0n) is 14.2. The van der Waals surface area contributed by atoms with Crippen molar-refractivity contribution in [2.45, 2.75) is 40.2 Å². The molecule has 0 heterocycles. The summed E-state index contributed by atoms with van der Waals surface area (Å²) < 4.78 is 0. The van der Waals surface area contributed by atoms with E-state index in [1.54, 1.807) is 24.1 Å². The lowest BCUT2D eigenvalue weighted by molar-refractivity contribution is -0.132. The molecule has 1 N–H and O–H groups in total. The summed E-state index contributed by atoms with van der Waals surface area (Å²) in [5.74, 6) is -0.125. The number of benzene rings is 1. The summed E-state index contributed by atoms with van der Waals surface area (Å²) in [4.78, 5) is 25.7. The van der Waals surface area contributed by atoms with Crippen molar-refractivity contribution in [1.82, 2.24) is 10.2 Å². The maximum absolute atomic E-state index is 12.3. The predicted molar refractivity (Wildman–Crippen MR) is 94.7 cm³/mol. The third-order valence-corrected chi connectivity index (χ3v) is 4.25. The summed E-state index contributed by atoms with van der Waals surface area (Å²) in [5.41, 5.74) is 0.379. The van der Waals surface area contributed by atoms with Gasteiger partial charge < -0.3 is 10.2 Å². The van der Waals surface area contributed by atoms with Gasteiger partial charge in [-0.05, 0) is 24.6 Å². The fourth-order valence-corrected chi connectivity index (χ4v) is 2.56. The molecule has 0 fully saturated rings. The number of rotatable bonds is 5. The van der Waals surface area contributed by atoms with E-state index in [-0.39, 0.29) is 24.3 Å². The molecule has 4 nitrogen and oxygen atoms in total. The van der Waals surface area contributed by atoms with Crippen LogP contribution in [0.15, 0.2) is 18.2 Å². The smallest absolute Gasteiger partial charge is 0.225 e. The van der Waals surface area contributed by atoms with Crippen LogP contribution in [0.1, 0.15) is 45.7 Å². The number of amides is 2. The fraction of sp³-hybridized carbons (Fsp3) is 0.529. The van der Waals surface area contributed by atoms with Crippen LogP contribution in [0.3, 0.4) is 0 Å². The molecule has 0 saturated carbocycles. The van der Waals surface area contributed by atoms with E-state index in [0.29, 0.717) is 16.6 Å². The Morgan fingerprint density at radius 1 is 1.26 bits per heavy atom. The highest BCUT2D eigenvalue weighted by molar-refractivity contribution is 6.35. The first-order valence-electron chi connectivity index (χ1n) is 7.53. The molecule has 1 atom stereocenters. The van der Waals surface area contributed by atoms with Crippen molar-refractivity contribution >= 4 is 35.0 Å². The van der Waals surface area contributed by atoms with Crippen LogP contribution in [0.5, 0.6) is 0 Å². The van der Waals surface area contributed by atoms with Crippen LogP contribution in [0, 0.1) is 5.41 Å². The standard InChI is InChI=1S/C17H24Cl2N2O2/c1-11(13-7-6-12(18)10-14(13)19)21(5)15(22)8-9-20-16(23)17(2,3)4/h6-7,10-11H,8-9H2,1-5H3,(H,20,23). The Labute approximate surface area is 148 Å². The van der Waals surface area contributed by atoms with E-state index in [1.807, 2.05) is 33.8 Å². The third kappa shape index (κ3) is 5.70.